The third-order valence-electron chi connectivity index (χ3n) is 5.87. The highest BCUT2D eigenvalue weighted by atomic mass is 19.4. The second kappa shape index (κ2) is 9.79. The van der Waals surface area contributed by atoms with Crippen LogP contribution in [-0.2, 0) is 28.9 Å². The Kier molecular flexibility index (Phi) is 6.83. The molecule has 0 N–H and O–H groups in total. The topological polar surface area (TPSA) is 47.4 Å². The highest BCUT2D eigenvalue weighted by Gasteiger charge is 2.34. The molecule has 5 nitrogen and oxygen atoms in total. The zero-order chi connectivity index (χ0) is 23.4. The van der Waals surface area contributed by atoms with Crippen LogP contribution in [0.4, 0.5) is 13.2 Å². The second-order valence-corrected chi connectivity index (χ2v) is 8.28. The van der Waals surface area contributed by atoms with E-state index in [1.54, 1.807) is 4.90 Å². The van der Waals surface area contributed by atoms with Crippen molar-refractivity contribution in [3.63, 3.8) is 0 Å². The van der Waals surface area contributed by atoms with Gasteiger partial charge in [-0.1, -0.05) is 48.5 Å². The SMILES string of the molecule is Cc1cc(C(F)(F)F)nn1CC(=O)N1CCC(OCc2cccc(-c3ccccc3)c2)CC1. The Bertz CT molecular complexity index is 1090. The quantitative estimate of drug-likeness (QED) is 0.518. The summed E-state index contributed by atoms with van der Waals surface area (Å²) in [5.41, 5.74) is 2.72. The Morgan fingerprint density at radius 3 is 2.39 bits per heavy atom. The first-order valence-electron chi connectivity index (χ1n) is 10.9. The molecule has 1 aromatic heterocycles. The molecule has 33 heavy (non-hydrogen) atoms. The van der Waals surface area contributed by atoms with Crippen molar-refractivity contribution >= 4 is 5.91 Å². The van der Waals surface area contributed by atoms with Crippen molar-refractivity contribution < 1.29 is 22.7 Å². The summed E-state index contributed by atoms with van der Waals surface area (Å²) in [7, 11) is 0. The molecule has 0 spiro atoms. The summed E-state index contributed by atoms with van der Waals surface area (Å²) in [6.07, 6.45) is -3.10. The van der Waals surface area contributed by atoms with E-state index in [0.717, 1.165) is 27.4 Å². The van der Waals surface area contributed by atoms with Gasteiger partial charge in [-0.3, -0.25) is 9.48 Å². The van der Waals surface area contributed by atoms with Crippen LogP contribution in [0.2, 0.25) is 0 Å². The predicted octanol–water partition coefficient (Wildman–Crippen LogP) is 5.09. The molecule has 0 aliphatic carbocycles. The van der Waals surface area contributed by atoms with Crippen LogP contribution in [0, 0.1) is 6.92 Å². The van der Waals surface area contributed by atoms with E-state index in [4.69, 9.17) is 4.74 Å². The first kappa shape index (κ1) is 23.0. The Morgan fingerprint density at radius 1 is 1.03 bits per heavy atom. The normalized spacial score (nSPS) is 15.1. The van der Waals surface area contributed by atoms with E-state index in [2.05, 4.69) is 29.4 Å². The summed E-state index contributed by atoms with van der Waals surface area (Å²) in [6.45, 7) is 2.84. The highest BCUT2D eigenvalue weighted by Crippen LogP contribution is 2.28. The fourth-order valence-corrected chi connectivity index (χ4v) is 3.99. The average Bonchev–Trinajstić information content (AvgIpc) is 3.19. The number of piperidine rings is 1. The smallest absolute Gasteiger partial charge is 0.373 e. The fraction of sp³-hybridized carbons (Fsp3) is 0.360. The lowest BCUT2D eigenvalue weighted by Crippen LogP contribution is -2.42. The molecule has 1 aliphatic rings. The molecule has 4 rings (SSSR count). The molecule has 0 atom stereocenters. The van der Waals surface area contributed by atoms with Crippen LogP contribution in [-0.4, -0.2) is 39.8 Å². The van der Waals surface area contributed by atoms with Crippen molar-refractivity contribution in [3.05, 3.63) is 77.6 Å². The summed E-state index contributed by atoms with van der Waals surface area (Å²) < 4.78 is 45.7. The molecule has 2 aromatic carbocycles. The van der Waals surface area contributed by atoms with Crippen LogP contribution >= 0.6 is 0 Å². The van der Waals surface area contributed by atoms with Gasteiger partial charge in [-0.05, 0) is 48.6 Å². The number of carbonyl (C=O) groups excluding carboxylic acids is 1. The molecule has 0 radical (unpaired) electrons. The molecule has 3 aromatic rings. The van der Waals surface area contributed by atoms with Crippen molar-refractivity contribution in [1.29, 1.82) is 0 Å². The van der Waals surface area contributed by atoms with Crippen LogP contribution < -0.4 is 0 Å². The molecule has 1 fully saturated rings. The minimum atomic E-state index is -4.52. The predicted molar refractivity (Wildman–Crippen MR) is 118 cm³/mol. The maximum atomic E-state index is 12.8. The molecule has 0 bridgehead atoms. The van der Waals surface area contributed by atoms with E-state index in [9.17, 15) is 18.0 Å². The minimum absolute atomic E-state index is 0.0395. The maximum Gasteiger partial charge on any atom is 0.435 e. The fourth-order valence-electron chi connectivity index (χ4n) is 3.99. The lowest BCUT2D eigenvalue weighted by atomic mass is 10.0. The Hall–Kier alpha value is -3.13. The zero-order valence-corrected chi connectivity index (χ0v) is 18.4. The third kappa shape index (κ3) is 5.82. The second-order valence-electron chi connectivity index (χ2n) is 8.28. The number of carbonyl (C=O) groups is 1. The monoisotopic (exact) mass is 457 g/mol. The van der Waals surface area contributed by atoms with Gasteiger partial charge in [-0.25, -0.2) is 0 Å². The largest absolute Gasteiger partial charge is 0.435 e. The van der Waals surface area contributed by atoms with Gasteiger partial charge >= 0.3 is 6.18 Å². The molecule has 0 saturated carbocycles. The van der Waals surface area contributed by atoms with E-state index in [-0.39, 0.29) is 18.6 Å². The average molecular weight is 457 g/mol. The zero-order valence-electron chi connectivity index (χ0n) is 18.4. The number of rotatable bonds is 6. The highest BCUT2D eigenvalue weighted by molar-refractivity contribution is 5.76. The summed E-state index contributed by atoms with van der Waals surface area (Å²) in [4.78, 5) is 14.3. The Morgan fingerprint density at radius 2 is 1.73 bits per heavy atom. The van der Waals surface area contributed by atoms with E-state index in [1.165, 1.54) is 6.92 Å². The van der Waals surface area contributed by atoms with E-state index >= 15 is 0 Å². The number of benzene rings is 2. The minimum Gasteiger partial charge on any atom is -0.373 e. The maximum absolute atomic E-state index is 12.8. The van der Waals surface area contributed by atoms with Crippen LogP contribution in [0.1, 0.15) is 29.8 Å². The summed E-state index contributed by atoms with van der Waals surface area (Å²) in [5.74, 6) is -0.232. The number of likely N-dealkylation sites (tertiary alicyclic amines) is 1. The lowest BCUT2D eigenvalue weighted by molar-refractivity contribution is -0.142. The molecular formula is C25H26F3N3O2. The standard InChI is InChI=1S/C25H26F3N3O2/c1-18-14-23(25(26,27)28)29-31(18)16-24(32)30-12-10-22(11-13-30)33-17-19-6-5-9-21(15-19)20-7-3-2-4-8-20/h2-9,14-15,22H,10-13,16-17H2,1H3. The van der Waals surface area contributed by atoms with Gasteiger partial charge in [-0.15, -0.1) is 0 Å². The van der Waals surface area contributed by atoms with Crippen molar-refractivity contribution in [2.45, 2.75) is 45.2 Å². The summed E-state index contributed by atoms with van der Waals surface area (Å²) in [6, 6.07) is 19.4. The first-order valence-corrected chi connectivity index (χ1v) is 10.9. The van der Waals surface area contributed by atoms with Crippen molar-refractivity contribution in [2.24, 2.45) is 0 Å². The first-order chi connectivity index (χ1) is 15.8. The molecule has 1 saturated heterocycles. The number of halogens is 3. The van der Waals surface area contributed by atoms with Crippen molar-refractivity contribution in [3.8, 4) is 11.1 Å². The van der Waals surface area contributed by atoms with Crippen LogP contribution in [0.25, 0.3) is 11.1 Å². The number of nitrogens with zero attached hydrogens (tertiary/aromatic N) is 3. The number of alkyl halides is 3. The van der Waals surface area contributed by atoms with E-state index in [1.807, 2.05) is 30.3 Å². The van der Waals surface area contributed by atoms with Crippen LogP contribution in [0.15, 0.2) is 60.7 Å². The van der Waals surface area contributed by atoms with Crippen LogP contribution in [0.3, 0.4) is 0 Å². The molecular weight excluding hydrogens is 431 g/mol. The molecule has 1 aliphatic heterocycles. The van der Waals surface area contributed by atoms with Gasteiger partial charge in [0.05, 0.1) is 12.7 Å². The van der Waals surface area contributed by atoms with Crippen molar-refractivity contribution in [2.75, 3.05) is 13.1 Å². The summed E-state index contributed by atoms with van der Waals surface area (Å²) in [5, 5.41) is 3.54. The van der Waals surface area contributed by atoms with Gasteiger partial charge in [0.15, 0.2) is 5.69 Å². The molecule has 174 valence electrons. The van der Waals surface area contributed by atoms with Gasteiger partial charge in [0.1, 0.15) is 6.54 Å². The van der Waals surface area contributed by atoms with Gasteiger partial charge in [0, 0.05) is 18.8 Å². The van der Waals surface area contributed by atoms with E-state index < -0.39 is 11.9 Å². The Balaban J connectivity index is 1.27. The number of hydrogen-bond acceptors (Lipinski definition) is 3. The van der Waals surface area contributed by atoms with Crippen molar-refractivity contribution in [1.82, 2.24) is 14.7 Å². The molecule has 1 amide bonds. The summed E-state index contributed by atoms with van der Waals surface area (Å²) >= 11 is 0. The molecule has 0 unspecified atom stereocenters. The number of aromatic nitrogens is 2. The van der Waals surface area contributed by atoms with E-state index in [0.29, 0.717) is 38.2 Å². The number of hydrogen-bond donors (Lipinski definition) is 0. The van der Waals surface area contributed by atoms with Gasteiger partial charge in [0.2, 0.25) is 5.91 Å². The molecule has 8 heteroatoms. The number of amides is 1. The van der Waals surface area contributed by atoms with Gasteiger partial charge < -0.3 is 9.64 Å². The lowest BCUT2D eigenvalue weighted by Gasteiger charge is -2.32. The molecule has 2 heterocycles. The number of aryl methyl sites for hydroxylation is 1. The van der Waals surface area contributed by atoms with Crippen LogP contribution in [0.5, 0.6) is 0 Å². The Labute approximate surface area is 190 Å². The van der Waals surface area contributed by atoms with Gasteiger partial charge in [0.25, 0.3) is 0 Å². The third-order valence-corrected chi connectivity index (χ3v) is 5.87. The number of ether oxygens (including phenoxy) is 1. The van der Waals surface area contributed by atoms with Gasteiger partial charge in [-0.2, -0.15) is 18.3 Å².